The minimum atomic E-state index is -0.862. The fraction of sp³-hybridized carbons (Fsp3) is 0.417. The molecule has 0 saturated carbocycles. The van der Waals surface area contributed by atoms with Gasteiger partial charge >= 0.3 is 5.97 Å². The summed E-state index contributed by atoms with van der Waals surface area (Å²) in [6.45, 7) is 3.61. The fourth-order valence-corrected chi connectivity index (χ4v) is 1.93. The lowest BCUT2D eigenvalue weighted by molar-refractivity contribution is -0.138. The topological polar surface area (TPSA) is 46.5 Å². The third kappa shape index (κ3) is 2.47. The normalized spacial score (nSPS) is 12.2. The van der Waals surface area contributed by atoms with Gasteiger partial charge in [-0.1, -0.05) is 18.5 Å². The molecule has 1 aromatic carbocycles. The lowest BCUT2D eigenvalue weighted by Gasteiger charge is -2.16. The van der Waals surface area contributed by atoms with Crippen molar-refractivity contribution in [2.75, 3.05) is 7.11 Å². The monoisotopic (exact) mass is 242 g/mol. The number of carbonyl (C=O) groups is 1. The Morgan fingerprint density at radius 3 is 2.62 bits per heavy atom. The Labute approximate surface area is 100.0 Å². The van der Waals surface area contributed by atoms with E-state index in [0.29, 0.717) is 17.2 Å². The number of benzene rings is 1. The number of hydrogen-bond donors (Lipinski definition) is 1. The number of carboxylic acids is 1. The van der Waals surface area contributed by atoms with Crippen molar-refractivity contribution < 1.29 is 14.6 Å². The van der Waals surface area contributed by atoms with E-state index in [9.17, 15) is 4.79 Å². The average molecular weight is 243 g/mol. The number of rotatable bonds is 4. The molecule has 0 saturated heterocycles. The van der Waals surface area contributed by atoms with Gasteiger partial charge < -0.3 is 9.84 Å². The predicted octanol–water partition coefficient (Wildman–Crippen LogP) is 3.10. The van der Waals surface area contributed by atoms with E-state index in [2.05, 4.69) is 0 Å². The van der Waals surface area contributed by atoms with Gasteiger partial charge in [-0.2, -0.15) is 0 Å². The maximum atomic E-state index is 11.0. The molecule has 1 N–H and O–H groups in total. The molecule has 0 bridgehead atoms. The third-order valence-electron chi connectivity index (χ3n) is 2.62. The van der Waals surface area contributed by atoms with E-state index in [1.54, 1.807) is 26.2 Å². The van der Waals surface area contributed by atoms with Crippen LogP contribution in [0.25, 0.3) is 0 Å². The van der Waals surface area contributed by atoms with Crippen LogP contribution in [0.5, 0.6) is 5.75 Å². The van der Waals surface area contributed by atoms with Crippen LogP contribution in [0.1, 0.15) is 30.9 Å². The molecule has 0 aliphatic carbocycles. The first kappa shape index (κ1) is 12.8. The van der Waals surface area contributed by atoms with Crippen molar-refractivity contribution in [3.8, 4) is 5.75 Å². The third-order valence-corrected chi connectivity index (χ3v) is 2.84. The quantitative estimate of drug-likeness (QED) is 0.883. The Hall–Kier alpha value is -1.22. The minimum absolute atomic E-state index is 0.497. The van der Waals surface area contributed by atoms with Gasteiger partial charge in [0.1, 0.15) is 5.75 Å². The molecule has 3 nitrogen and oxygen atoms in total. The molecule has 0 heterocycles. The highest BCUT2D eigenvalue weighted by atomic mass is 35.5. The van der Waals surface area contributed by atoms with Gasteiger partial charge in [0, 0.05) is 5.02 Å². The van der Waals surface area contributed by atoms with E-state index in [1.807, 2.05) is 6.92 Å². The summed E-state index contributed by atoms with van der Waals surface area (Å²) in [5, 5.41) is 9.52. The summed E-state index contributed by atoms with van der Waals surface area (Å²) in [6, 6.07) is 3.40. The smallest absolute Gasteiger partial charge is 0.310 e. The summed E-state index contributed by atoms with van der Waals surface area (Å²) in [5.41, 5.74) is 1.63. The van der Waals surface area contributed by atoms with Crippen LogP contribution in [0.15, 0.2) is 12.1 Å². The number of methoxy groups -OCH3 is 1. The predicted molar refractivity (Wildman–Crippen MR) is 63.4 cm³/mol. The molecule has 0 aromatic heterocycles. The zero-order valence-electron chi connectivity index (χ0n) is 9.58. The second-order valence-corrected chi connectivity index (χ2v) is 4.03. The van der Waals surface area contributed by atoms with Crippen LogP contribution in [0.3, 0.4) is 0 Å². The van der Waals surface area contributed by atoms with Crippen LogP contribution in [0.4, 0.5) is 0 Å². The van der Waals surface area contributed by atoms with Crippen molar-refractivity contribution in [3.05, 3.63) is 28.3 Å². The summed E-state index contributed by atoms with van der Waals surface area (Å²) in [6.07, 6.45) is 0.716. The molecule has 1 atom stereocenters. The second kappa shape index (κ2) is 5.21. The molecular formula is C12H15ClO3. The van der Waals surface area contributed by atoms with Crippen LogP contribution in [-0.2, 0) is 11.2 Å². The van der Waals surface area contributed by atoms with Gasteiger partial charge in [0.15, 0.2) is 0 Å². The molecule has 0 aliphatic rings. The number of carboxylic acid groups (broad SMARTS) is 1. The first-order valence-corrected chi connectivity index (χ1v) is 5.48. The maximum absolute atomic E-state index is 11.0. The van der Waals surface area contributed by atoms with Crippen molar-refractivity contribution in [2.45, 2.75) is 26.2 Å². The Kier molecular flexibility index (Phi) is 4.19. The lowest BCUT2D eigenvalue weighted by Crippen LogP contribution is -2.10. The molecule has 1 aromatic rings. The molecule has 88 valence electrons. The molecule has 1 unspecified atom stereocenters. The molecule has 0 spiro atoms. The number of halogens is 1. The summed E-state index contributed by atoms with van der Waals surface area (Å²) in [7, 11) is 1.56. The summed E-state index contributed by atoms with van der Waals surface area (Å²) < 4.78 is 5.21. The second-order valence-electron chi connectivity index (χ2n) is 3.59. The standard InChI is InChI=1S/C12H15ClO3/c1-4-9-10(7(2)12(14)15)5-8(13)6-11(9)16-3/h5-7H,4H2,1-3H3,(H,14,15). The highest BCUT2D eigenvalue weighted by Crippen LogP contribution is 2.32. The van der Waals surface area contributed by atoms with Crippen LogP contribution < -0.4 is 4.74 Å². The van der Waals surface area contributed by atoms with E-state index in [-0.39, 0.29) is 0 Å². The SMILES string of the molecule is CCc1c(OC)cc(Cl)cc1C(C)C(=O)O. The Morgan fingerprint density at radius 1 is 1.56 bits per heavy atom. The van der Waals surface area contributed by atoms with Crippen molar-refractivity contribution >= 4 is 17.6 Å². The first-order valence-electron chi connectivity index (χ1n) is 5.10. The zero-order valence-corrected chi connectivity index (χ0v) is 10.3. The van der Waals surface area contributed by atoms with Gasteiger partial charge in [-0.3, -0.25) is 4.79 Å². The van der Waals surface area contributed by atoms with Crippen molar-refractivity contribution in [2.24, 2.45) is 0 Å². The van der Waals surface area contributed by atoms with Crippen molar-refractivity contribution in [3.63, 3.8) is 0 Å². The number of ether oxygens (including phenoxy) is 1. The molecule has 0 radical (unpaired) electrons. The fourth-order valence-electron chi connectivity index (χ4n) is 1.71. The Balaban J connectivity index is 3.35. The first-order chi connectivity index (χ1) is 7.51. The van der Waals surface area contributed by atoms with Gasteiger partial charge in [-0.25, -0.2) is 0 Å². The zero-order chi connectivity index (χ0) is 12.3. The molecule has 0 amide bonds. The van der Waals surface area contributed by atoms with Crippen LogP contribution in [0, 0.1) is 0 Å². The summed E-state index contributed by atoms with van der Waals surface area (Å²) in [4.78, 5) is 11.0. The van der Waals surface area contributed by atoms with Gasteiger partial charge in [0.25, 0.3) is 0 Å². The van der Waals surface area contributed by atoms with Crippen LogP contribution in [-0.4, -0.2) is 18.2 Å². The molecule has 4 heteroatoms. The number of hydrogen-bond acceptors (Lipinski definition) is 2. The van der Waals surface area contributed by atoms with Gasteiger partial charge in [-0.05, 0) is 36.6 Å². The molecule has 0 aliphatic heterocycles. The molecule has 0 fully saturated rings. The Bertz CT molecular complexity index is 401. The minimum Gasteiger partial charge on any atom is -0.496 e. The van der Waals surface area contributed by atoms with Gasteiger partial charge in [0.05, 0.1) is 13.0 Å². The highest BCUT2D eigenvalue weighted by Gasteiger charge is 2.20. The van der Waals surface area contributed by atoms with Gasteiger partial charge in [0.2, 0.25) is 0 Å². The number of aliphatic carboxylic acids is 1. The molecule has 16 heavy (non-hydrogen) atoms. The lowest BCUT2D eigenvalue weighted by atomic mass is 9.93. The Morgan fingerprint density at radius 2 is 2.19 bits per heavy atom. The van der Waals surface area contributed by atoms with Crippen LogP contribution >= 0.6 is 11.6 Å². The summed E-state index contributed by atoms with van der Waals surface area (Å²) in [5.74, 6) is -0.792. The van der Waals surface area contributed by atoms with Crippen LogP contribution in [0.2, 0.25) is 5.02 Å². The van der Waals surface area contributed by atoms with Crippen molar-refractivity contribution in [1.29, 1.82) is 0 Å². The van der Waals surface area contributed by atoms with E-state index in [4.69, 9.17) is 21.4 Å². The molecular weight excluding hydrogens is 228 g/mol. The average Bonchev–Trinajstić information content (AvgIpc) is 2.26. The molecule has 1 rings (SSSR count). The highest BCUT2D eigenvalue weighted by molar-refractivity contribution is 6.30. The van der Waals surface area contributed by atoms with Gasteiger partial charge in [-0.15, -0.1) is 0 Å². The van der Waals surface area contributed by atoms with E-state index < -0.39 is 11.9 Å². The van der Waals surface area contributed by atoms with E-state index in [1.165, 1.54) is 0 Å². The summed E-state index contributed by atoms with van der Waals surface area (Å²) >= 11 is 5.93. The van der Waals surface area contributed by atoms with E-state index >= 15 is 0 Å². The largest absolute Gasteiger partial charge is 0.496 e. The van der Waals surface area contributed by atoms with E-state index in [0.717, 1.165) is 11.1 Å². The van der Waals surface area contributed by atoms with Crippen molar-refractivity contribution in [1.82, 2.24) is 0 Å². The maximum Gasteiger partial charge on any atom is 0.310 e.